The molecule has 1 rings (SSSR count). The summed E-state index contributed by atoms with van der Waals surface area (Å²) in [6, 6.07) is 3.17. The number of benzene rings is 1. The number of anilines is 1. The third-order valence-electron chi connectivity index (χ3n) is 3.48. The largest absolute Gasteiger partial charge is 0.488 e. The number of nitrogens with zero attached hydrogens (tertiary/aromatic N) is 1. The average molecular weight is 376 g/mol. The van der Waals surface area contributed by atoms with Crippen molar-refractivity contribution in [2.45, 2.75) is 58.6 Å². The Balaban J connectivity index is 0.00000576. The standard InChI is InChI=1S/C17H29N3O4.ClH/c1-16(2,3)11-7-13(20(22)23)15(18)14(8-11)24-10-12(21)9-19-17(4,5)6;/h7-8,12,19,21H,9-10,18H2,1-6H3;1H. The maximum atomic E-state index is 11.2. The molecule has 0 saturated carbocycles. The Morgan fingerprint density at radius 2 is 1.84 bits per heavy atom. The molecule has 0 bridgehead atoms. The third-order valence-corrected chi connectivity index (χ3v) is 3.48. The molecule has 144 valence electrons. The van der Waals surface area contributed by atoms with Gasteiger partial charge in [-0.3, -0.25) is 10.1 Å². The number of nitrogens with one attached hydrogen (secondary N) is 1. The minimum absolute atomic E-state index is 0. The molecule has 0 aliphatic heterocycles. The van der Waals surface area contributed by atoms with Crippen molar-refractivity contribution < 1.29 is 14.8 Å². The molecule has 0 heterocycles. The van der Waals surface area contributed by atoms with Gasteiger partial charge in [0.25, 0.3) is 5.69 Å². The second-order valence-electron chi connectivity index (χ2n) is 8.01. The minimum atomic E-state index is -0.749. The topological polar surface area (TPSA) is 111 Å². The van der Waals surface area contributed by atoms with Crippen LogP contribution in [0.15, 0.2) is 12.1 Å². The Morgan fingerprint density at radius 1 is 1.28 bits per heavy atom. The number of nitro groups is 1. The lowest BCUT2D eigenvalue weighted by Gasteiger charge is -2.24. The van der Waals surface area contributed by atoms with Gasteiger partial charge in [0.05, 0.1) is 4.92 Å². The second kappa shape index (κ2) is 8.69. The van der Waals surface area contributed by atoms with Crippen LogP contribution in [0.25, 0.3) is 0 Å². The van der Waals surface area contributed by atoms with E-state index in [4.69, 9.17) is 10.5 Å². The van der Waals surface area contributed by atoms with Crippen molar-refractivity contribution in [1.82, 2.24) is 5.32 Å². The molecule has 0 aromatic heterocycles. The van der Waals surface area contributed by atoms with Crippen LogP contribution in [0.2, 0.25) is 0 Å². The SMILES string of the molecule is CC(C)(C)NCC(O)COc1cc(C(C)(C)C)cc([N+](=O)[O-])c1N.Cl. The van der Waals surface area contributed by atoms with Crippen molar-refractivity contribution in [3.05, 3.63) is 27.8 Å². The predicted octanol–water partition coefficient (Wildman–Crippen LogP) is 3.02. The summed E-state index contributed by atoms with van der Waals surface area (Å²) < 4.78 is 5.57. The number of aliphatic hydroxyl groups is 1. The Hall–Kier alpha value is -1.57. The van der Waals surface area contributed by atoms with Crippen LogP contribution in [0.4, 0.5) is 11.4 Å². The Morgan fingerprint density at radius 3 is 2.28 bits per heavy atom. The van der Waals surface area contributed by atoms with Crippen LogP contribution in [-0.4, -0.2) is 34.8 Å². The molecule has 25 heavy (non-hydrogen) atoms. The van der Waals surface area contributed by atoms with Crippen molar-refractivity contribution >= 4 is 23.8 Å². The second-order valence-corrected chi connectivity index (χ2v) is 8.01. The fourth-order valence-electron chi connectivity index (χ4n) is 1.98. The Kier molecular flexibility index (Phi) is 8.14. The number of ether oxygens (including phenoxy) is 1. The fraction of sp³-hybridized carbons (Fsp3) is 0.647. The first-order valence-corrected chi connectivity index (χ1v) is 7.95. The number of halogens is 1. The lowest BCUT2D eigenvalue weighted by molar-refractivity contribution is -0.384. The summed E-state index contributed by atoms with van der Waals surface area (Å²) >= 11 is 0. The van der Waals surface area contributed by atoms with Crippen LogP contribution in [0.3, 0.4) is 0 Å². The zero-order valence-electron chi connectivity index (χ0n) is 15.8. The summed E-state index contributed by atoms with van der Waals surface area (Å²) in [5.74, 6) is 0.226. The number of aliphatic hydroxyl groups excluding tert-OH is 1. The molecule has 0 aliphatic rings. The van der Waals surface area contributed by atoms with Gasteiger partial charge in [-0.15, -0.1) is 12.4 Å². The Labute approximate surface area is 155 Å². The first-order valence-electron chi connectivity index (χ1n) is 7.95. The highest BCUT2D eigenvalue weighted by molar-refractivity contribution is 5.85. The third kappa shape index (κ3) is 7.46. The summed E-state index contributed by atoms with van der Waals surface area (Å²) in [6.07, 6.45) is -0.749. The molecule has 1 unspecified atom stereocenters. The summed E-state index contributed by atoms with van der Waals surface area (Å²) in [4.78, 5) is 10.7. The van der Waals surface area contributed by atoms with Gasteiger partial charge >= 0.3 is 0 Å². The zero-order valence-corrected chi connectivity index (χ0v) is 16.6. The van der Waals surface area contributed by atoms with Gasteiger partial charge in [0.15, 0.2) is 5.69 Å². The molecule has 0 aliphatic carbocycles. The van der Waals surface area contributed by atoms with E-state index in [1.165, 1.54) is 6.07 Å². The molecule has 1 atom stereocenters. The van der Waals surface area contributed by atoms with Gasteiger partial charge in [0, 0.05) is 18.2 Å². The molecule has 1 aromatic rings. The number of nitro benzene ring substituents is 1. The van der Waals surface area contributed by atoms with E-state index < -0.39 is 11.0 Å². The van der Waals surface area contributed by atoms with Gasteiger partial charge in [0.2, 0.25) is 0 Å². The smallest absolute Gasteiger partial charge is 0.296 e. The van der Waals surface area contributed by atoms with E-state index in [-0.39, 0.29) is 47.1 Å². The number of nitrogen functional groups attached to an aromatic ring is 1. The van der Waals surface area contributed by atoms with Crippen molar-refractivity contribution in [2.75, 3.05) is 18.9 Å². The molecule has 0 amide bonds. The highest BCUT2D eigenvalue weighted by Crippen LogP contribution is 2.37. The van der Waals surface area contributed by atoms with Gasteiger partial charge < -0.3 is 20.9 Å². The predicted molar refractivity (Wildman–Crippen MR) is 103 cm³/mol. The highest BCUT2D eigenvalue weighted by atomic mass is 35.5. The molecule has 1 aromatic carbocycles. The maximum Gasteiger partial charge on any atom is 0.296 e. The lowest BCUT2D eigenvalue weighted by atomic mass is 9.86. The van der Waals surface area contributed by atoms with Crippen LogP contribution in [0.1, 0.15) is 47.1 Å². The van der Waals surface area contributed by atoms with E-state index in [0.717, 1.165) is 5.56 Å². The molecule has 4 N–H and O–H groups in total. The van der Waals surface area contributed by atoms with Crippen LogP contribution in [0.5, 0.6) is 5.75 Å². The van der Waals surface area contributed by atoms with Crippen LogP contribution >= 0.6 is 12.4 Å². The van der Waals surface area contributed by atoms with Gasteiger partial charge in [-0.2, -0.15) is 0 Å². The molecule has 7 nitrogen and oxygen atoms in total. The summed E-state index contributed by atoms with van der Waals surface area (Å²) in [6.45, 7) is 12.2. The molecule has 0 fully saturated rings. The van der Waals surface area contributed by atoms with E-state index in [1.807, 2.05) is 41.5 Å². The number of β-amino-alcohol motifs (C(OH)–C–C–N with tert-alkyl or cyclic N) is 1. The molecular weight excluding hydrogens is 346 g/mol. The zero-order chi connectivity index (χ0) is 18.7. The normalized spacial score (nSPS) is 13.1. The first kappa shape index (κ1) is 23.4. The van der Waals surface area contributed by atoms with E-state index in [2.05, 4.69) is 5.32 Å². The van der Waals surface area contributed by atoms with Crippen molar-refractivity contribution in [1.29, 1.82) is 0 Å². The van der Waals surface area contributed by atoms with Crippen molar-refractivity contribution in [3.8, 4) is 5.75 Å². The first-order chi connectivity index (χ1) is 10.8. The molecule has 0 spiro atoms. The van der Waals surface area contributed by atoms with Gasteiger partial charge in [-0.1, -0.05) is 20.8 Å². The van der Waals surface area contributed by atoms with Crippen LogP contribution in [-0.2, 0) is 5.41 Å². The number of hydrogen-bond donors (Lipinski definition) is 3. The van der Waals surface area contributed by atoms with Crippen molar-refractivity contribution in [3.63, 3.8) is 0 Å². The number of rotatable bonds is 6. The van der Waals surface area contributed by atoms with Gasteiger partial charge in [-0.05, 0) is 37.8 Å². The quantitative estimate of drug-likeness (QED) is 0.400. The maximum absolute atomic E-state index is 11.2. The van der Waals surface area contributed by atoms with Crippen LogP contribution in [0, 0.1) is 10.1 Å². The van der Waals surface area contributed by atoms with E-state index in [0.29, 0.717) is 6.54 Å². The van der Waals surface area contributed by atoms with Crippen molar-refractivity contribution in [2.24, 2.45) is 0 Å². The Bertz CT molecular complexity index is 595. The summed E-state index contributed by atoms with van der Waals surface area (Å²) in [5, 5.41) is 24.4. The molecule has 8 heteroatoms. The minimum Gasteiger partial charge on any atom is -0.488 e. The summed E-state index contributed by atoms with van der Waals surface area (Å²) in [7, 11) is 0. The fourth-order valence-corrected chi connectivity index (χ4v) is 1.98. The molecular formula is C17H30ClN3O4. The van der Waals surface area contributed by atoms with Gasteiger partial charge in [-0.25, -0.2) is 0 Å². The average Bonchev–Trinajstić information content (AvgIpc) is 2.41. The van der Waals surface area contributed by atoms with Crippen LogP contribution < -0.4 is 15.8 Å². The molecule has 0 radical (unpaired) electrons. The lowest BCUT2D eigenvalue weighted by Crippen LogP contribution is -2.42. The monoisotopic (exact) mass is 375 g/mol. The number of nitrogens with two attached hydrogens (primary N) is 1. The van der Waals surface area contributed by atoms with E-state index in [1.54, 1.807) is 6.07 Å². The van der Waals surface area contributed by atoms with E-state index in [9.17, 15) is 15.2 Å². The highest BCUT2D eigenvalue weighted by Gasteiger charge is 2.24. The number of hydrogen-bond acceptors (Lipinski definition) is 6. The summed E-state index contributed by atoms with van der Waals surface area (Å²) in [5.41, 5.74) is 6.00. The molecule has 0 saturated heterocycles. The van der Waals surface area contributed by atoms with Gasteiger partial charge in [0.1, 0.15) is 18.5 Å². The van der Waals surface area contributed by atoms with E-state index >= 15 is 0 Å².